The summed E-state index contributed by atoms with van der Waals surface area (Å²) in [6.45, 7) is 0. The van der Waals surface area contributed by atoms with E-state index < -0.39 is 17.4 Å². The van der Waals surface area contributed by atoms with Crippen LogP contribution in [0.5, 0.6) is 0 Å². The molecule has 0 aliphatic heterocycles. The maximum Gasteiger partial charge on any atom is 0.436 e. The number of nitrogens with zero attached hydrogens (tertiary/aromatic N) is 3. The number of nitriles is 1. The van der Waals surface area contributed by atoms with E-state index in [1.807, 2.05) is 0 Å². The van der Waals surface area contributed by atoms with Gasteiger partial charge in [0.15, 0.2) is 5.69 Å². The van der Waals surface area contributed by atoms with Crippen LogP contribution >= 0.6 is 0 Å². The van der Waals surface area contributed by atoms with Gasteiger partial charge in [-0.15, -0.1) is 0 Å². The molecule has 64 valence electrons. The van der Waals surface area contributed by atoms with Gasteiger partial charge < -0.3 is 0 Å². The van der Waals surface area contributed by atoms with Crippen molar-refractivity contribution in [3.8, 4) is 6.07 Å². The van der Waals surface area contributed by atoms with Crippen LogP contribution in [0.15, 0.2) is 6.20 Å². The molecule has 0 atom stereocenters. The zero-order valence-corrected chi connectivity index (χ0v) is 6.05. The lowest BCUT2D eigenvalue weighted by molar-refractivity contribution is -0.141. The highest BCUT2D eigenvalue weighted by Crippen LogP contribution is 2.29. The molecule has 0 radical (unpaired) electrons. The van der Waals surface area contributed by atoms with Crippen LogP contribution in [0.25, 0.3) is 0 Å². The number of rotatable bonds is 0. The van der Waals surface area contributed by atoms with Gasteiger partial charge in [0.1, 0.15) is 11.6 Å². The fourth-order valence-corrected chi connectivity index (χ4v) is 0.780. The molecular weight excluding hydrogens is 171 g/mol. The van der Waals surface area contributed by atoms with Crippen molar-refractivity contribution in [1.82, 2.24) is 9.78 Å². The number of hydrogen-bond donors (Lipinski definition) is 0. The van der Waals surface area contributed by atoms with Gasteiger partial charge in [0.2, 0.25) is 0 Å². The zero-order valence-electron chi connectivity index (χ0n) is 6.05. The van der Waals surface area contributed by atoms with Gasteiger partial charge in [0.05, 0.1) is 0 Å². The van der Waals surface area contributed by atoms with Crippen molar-refractivity contribution in [3.63, 3.8) is 0 Å². The first kappa shape index (κ1) is 8.59. The molecule has 0 amide bonds. The minimum Gasteiger partial charge on any atom is -0.274 e. The maximum atomic E-state index is 12.0. The zero-order chi connectivity index (χ0) is 9.35. The molecule has 1 heterocycles. The van der Waals surface area contributed by atoms with Crippen LogP contribution in [0, 0.1) is 11.3 Å². The Labute approximate surface area is 66.0 Å². The van der Waals surface area contributed by atoms with Crippen LogP contribution in [-0.2, 0) is 13.2 Å². The summed E-state index contributed by atoms with van der Waals surface area (Å²) in [6.07, 6.45) is -3.52. The molecule has 0 fully saturated rings. The molecule has 0 aliphatic rings. The number of alkyl halides is 3. The Morgan fingerprint density at radius 2 is 2.17 bits per heavy atom. The Hall–Kier alpha value is -1.51. The van der Waals surface area contributed by atoms with Gasteiger partial charge in [0, 0.05) is 13.2 Å². The Balaban J connectivity index is 3.25. The van der Waals surface area contributed by atoms with Gasteiger partial charge in [-0.1, -0.05) is 0 Å². The molecule has 1 rings (SSSR count). The first-order valence-corrected chi connectivity index (χ1v) is 2.96. The predicted octanol–water partition coefficient (Wildman–Crippen LogP) is 1.31. The second-order valence-corrected chi connectivity index (χ2v) is 2.17. The fourth-order valence-electron chi connectivity index (χ4n) is 0.780. The van der Waals surface area contributed by atoms with Crippen LogP contribution in [0.1, 0.15) is 11.3 Å². The monoisotopic (exact) mass is 175 g/mol. The second kappa shape index (κ2) is 2.52. The summed E-state index contributed by atoms with van der Waals surface area (Å²) < 4.78 is 37.0. The molecule has 1 aromatic heterocycles. The molecule has 1 aromatic rings. The van der Waals surface area contributed by atoms with E-state index in [1.165, 1.54) is 13.1 Å². The van der Waals surface area contributed by atoms with E-state index in [1.54, 1.807) is 0 Å². The van der Waals surface area contributed by atoms with Crippen LogP contribution in [0.3, 0.4) is 0 Å². The van der Waals surface area contributed by atoms with E-state index in [9.17, 15) is 13.2 Å². The molecule has 0 N–H and O–H groups in total. The van der Waals surface area contributed by atoms with Crippen molar-refractivity contribution in [3.05, 3.63) is 17.5 Å². The third kappa shape index (κ3) is 1.39. The highest BCUT2D eigenvalue weighted by molar-refractivity contribution is 5.32. The molecule has 0 spiro atoms. The van der Waals surface area contributed by atoms with Crippen molar-refractivity contribution in [2.24, 2.45) is 7.05 Å². The summed E-state index contributed by atoms with van der Waals surface area (Å²) in [6, 6.07) is 1.42. The van der Waals surface area contributed by atoms with Crippen molar-refractivity contribution < 1.29 is 13.2 Å². The number of aromatic nitrogens is 2. The second-order valence-electron chi connectivity index (χ2n) is 2.17. The number of hydrogen-bond acceptors (Lipinski definition) is 2. The van der Waals surface area contributed by atoms with Crippen molar-refractivity contribution in [2.45, 2.75) is 6.18 Å². The Bertz CT molecular complexity index is 331. The lowest BCUT2D eigenvalue weighted by Gasteiger charge is -2.00. The standard InChI is InChI=1S/C6H4F3N3/c1-12-3-4(2-10)5(11-12)6(7,8)9/h3H,1H3. The van der Waals surface area contributed by atoms with Gasteiger partial charge in [-0.25, -0.2) is 0 Å². The lowest BCUT2D eigenvalue weighted by atomic mass is 10.3. The van der Waals surface area contributed by atoms with E-state index in [4.69, 9.17) is 5.26 Å². The van der Waals surface area contributed by atoms with Crippen LogP contribution in [0.4, 0.5) is 13.2 Å². The van der Waals surface area contributed by atoms with Crippen LogP contribution in [0.2, 0.25) is 0 Å². The molecule has 0 aliphatic carbocycles. The molecule has 6 heteroatoms. The summed E-state index contributed by atoms with van der Waals surface area (Å²) in [5.41, 5.74) is -1.59. The minimum absolute atomic E-state index is 0.454. The number of aryl methyl sites for hydroxylation is 1. The van der Waals surface area contributed by atoms with Gasteiger partial charge in [-0.2, -0.15) is 23.5 Å². The first-order valence-electron chi connectivity index (χ1n) is 2.96. The molecule has 0 bridgehead atoms. The third-order valence-corrected chi connectivity index (χ3v) is 1.22. The SMILES string of the molecule is Cn1cc(C#N)c(C(F)(F)F)n1. The smallest absolute Gasteiger partial charge is 0.274 e. The average molecular weight is 175 g/mol. The Morgan fingerprint density at radius 3 is 2.50 bits per heavy atom. The van der Waals surface area contributed by atoms with Gasteiger partial charge >= 0.3 is 6.18 Å². The van der Waals surface area contributed by atoms with Crippen LogP contribution < -0.4 is 0 Å². The van der Waals surface area contributed by atoms with Gasteiger partial charge in [-0.05, 0) is 0 Å². The summed E-state index contributed by atoms with van der Waals surface area (Å²) >= 11 is 0. The summed E-state index contributed by atoms with van der Waals surface area (Å²) in [5.74, 6) is 0. The number of halogens is 3. The average Bonchev–Trinajstić information content (AvgIpc) is 2.29. The largest absolute Gasteiger partial charge is 0.436 e. The molecule has 0 saturated carbocycles. The summed E-state index contributed by atoms with van der Waals surface area (Å²) in [7, 11) is 1.33. The minimum atomic E-state index is -4.55. The molecule has 12 heavy (non-hydrogen) atoms. The van der Waals surface area contributed by atoms with Crippen molar-refractivity contribution >= 4 is 0 Å². The van der Waals surface area contributed by atoms with Crippen molar-refractivity contribution in [2.75, 3.05) is 0 Å². The van der Waals surface area contributed by atoms with E-state index >= 15 is 0 Å². The van der Waals surface area contributed by atoms with E-state index in [0.717, 1.165) is 10.9 Å². The topological polar surface area (TPSA) is 41.6 Å². The lowest BCUT2D eigenvalue weighted by Crippen LogP contribution is -2.08. The molecule has 0 saturated heterocycles. The quantitative estimate of drug-likeness (QED) is 0.596. The Kier molecular flexibility index (Phi) is 1.80. The maximum absolute atomic E-state index is 12.0. The Morgan fingerprint density at radius 1 is 1.58 bits per heavy atom. The first-order chi connectivity index (χ1) is 5.45. The third-order valence-electron chi connectivity index (χ3n) is 1.22. The van der Waals surface area contributed by atoms with E-state index in [-0.39, 0.29) is 0 Å². The highest BCUT2D eigenvalue weighted by Gasteiger charge is 2.37. The van der Waals surface area contributed by atoms with Gasteiger partial charge in [-0.3, -0.25) is 4.68 Å². The van der Waals surface area contributed by atoms with E-state index in [2.05, 4.69) is 5.10 Å². The molecular formula is C6H4F3N3. The van der Waals surface area contributed by atoms with Crippen LogP contribution in [-0.4, -0.2) is 9.78 Å². The normalized spacial score (nSPS) is 11.2. The summed E-state index contributed by atoms with van der Waals surface area (Å²) in [5, 5.41) is 11.4. The van der Waals surface area contributed by atoms with Gasteiger partial charge in [0.25, 0.3) is 0 Å². The summed E-state index contributed by atoms with van der Waals surface area (Å²) in [4.78, 5) is 0. The predicted molar refractivity (Wildman–Crippen MR) is 32.9 cm³/mol. The molecule has 3 nitrogen and oxygen atoms in total. The van der Waals surface area contributed by atoms with Crippen molar-refractivity contribution in [1.29, 1.82) is 5.26 Å². The molecule has 0 aromatic carbocycles. The van der Waals surface area contributed by atoms with E-state index in [0.29, 0.717) is 0 Å². The molecule has 0 unspecified atom stereocenters. The highest BCUT2D eigenvalue weighted by atomic mass is 19.4. The fraction of sp³-hybridized carbons (Fsp3) is 0.333.